The van der Waals surface area contributed by atoms with E-state index >= 15 is 0 Å². The predicted molar refractivity (Wildman–Crippen MR) is 71.0 cm³/mol. The Morgan fingerprint density at radius 3 is 2.60 bits per heavy atom. The molecule has 1 aromatic rings. The molecule has 0 aromatic carbocycles. The van der Waals surface area contributed by atoms with Crippen LogP contribution in [0.5, 0.6) is 0 Å². The molecular weight excluding hydrogens is 295 g/mol. The van der Waals surface area contributed by atoms with Crippen molar-refractivity contribution in [1.29, 1.82) is 0 Å². The van der Waals surface area contributed by atoms with E-state index in [2.05, 4.69) is 10.3 Å². The summed E-state index contributed by atoms with van der Waals surface area (Å²) in [6, 6.07) is 2.62. The highest BCUT2D eigenvalue weighted by molar-refractivity contribution is 6.29. The molecule has 1 heterocycles. The van der Waals surface area contributed by atoms with Crippen LogP contribution in [0.4, 0.5) is 19.0 Å². The summed E-state index contributed by atoms with van der Waals surface area (Å²) in [5.41, 5.74) is 0.0760. The molecule has 0 aliphatic rings. The fourth-order valence-electron chi connectivity index (χ4n) is 1.67. The van der Waals surface area contributed by atoms with Crippen LogP contribution in [-0.2, 0) is 0 Å². The summed E-state index contributed by atoms with van der Waals surface area (Å²) < 4.78 is 37.5. The number of carbonyl (C=O) groups is 1. The molecule has 0 spiro atoms. The normalized spacial score (nSPS) is 11.3. The van der Waals surface area contributed by atoms with Gasteiger partial charge in [-0.3, -0.25) is 4.79 Å². The van der Waals surface area contributed by atoms with E-state index in [0.717, 1.165) is 4.90 Å². The lowest BCUT2D eigenvalue weighted by atomic mass is 10.2. The van der Waals surface area contributed by atoms with Gasteiger partial charge in [-0.2, -0.15) is 13.2 Å². The highest BCUT2D eigenvalue weighted by Gasteiger charge is 2.33. The van der Waals surface area contributed by atoms with Gasteiger partial charge in [0.15, 0.2) is 0 Å². The number of hydrogen-bond donors (Lipinski definition) is 1. The molecule has 20 heavy (non-hydrogen) atoms. The summed E-state index contributed by atoms with van der Waals surface area (Å²) in [5, 5.41) is 2.74. The Balaban J connectivity index is 3.02. The number of hydrogen-bond acceptors (Lipinski definition) is 3. The molecule has 0 atom stereocenters. The molecule has 0 saturated carbocycles. The number of nitrogens with one attached hydrogen (secondary N) is 1. The average molecular weight is 310 g/mol. The Morgan fingerprint density at radius 2 is 2.10 bits per heavy atom. The van der Waals surface area contributed by atoms with Crippen LogP contribution in [0.1, 0.15) is 23.7 Å². The number of alkyl halides is 3. The summed E-state index contributed by atoms with van der Waals surface area (Å²) in [6.07, 6.45) is -4.01. The monoisotopic (exact) mass is 309 g/mol. The van der Waals surface area contributed by atoms with Crippen molar-refractivity contribution in [2.75, 3.05) is 25.5 Å². The highest BCUT2D eigenvalue weighted by Crippen LogP contribution is 2.20. The Hall–Kier alpha value is -1.50. The Bertz CT molecular complexity index is 480. The van der Waals surface area contributed by atoms with Gasteiger partial charge in [-0.05, 0) is 18.6 Å². The Morgan fingerprint density at radius 1 is 1.45 bits per heavy atom. The largest absolute Gasteiger partial charge is 0.406 e. The third kappa shape index (κ3) is 4.88. The lowest BCUT2D eigenvalue weighted by molar-refractivity contribution is -0.140. The third-order valence-corrected chi connectivity index (χ3v) is 2.64. The molecule has 0 aliphatic heterocycles. The van der Waals surface area contributed by atoms with Gasteiger partial charge < -0.3 is 10.2 Å². The van der Waals surface area contributed by atoms with E-state index in [1.807, 2.05) is 0 Å². The van der Waals surface area contributed by atoms with E-state index in [1.165, 1.54) is 12.1 Å². The zero-order valence-corrected chi connectivity index (χ0v) is 11.8. The molecule has 1 aromatic heterocycles. The number of amides is 1. The van der Waals surface area contributed by atoms with Crippen LogP contribution in [-0.4, -0.2) is 42.1 Å². The fourth-order valence-corrected chi connectivity index (χ4v) is 1.88. The van der Waals surface area contributed by atoms with Crippen LogP contribution in [0.3, 0.4) is 0 Å². The van der Waals surface area contributed by atoms with E-state index < -0.39 is 18.6 Å². The molecule has 0 radical (unpaired) electrons. The second kappa shape index (κ2) is 6.78. The summed E-state index contributed by atoms with van der Waals surface area (Å²) in [4.78, 5) is 16.8. The van der Waals surface area contributed by atoms with Crippen LogP contribution < -0.4 is 5.32 Å². The summed E-state index contributed by atoms with van der Waals surface area (Å²) in [7, 11) is 1.58. The standard InChI is InChI=1S/C12H15ClF3N3O/c1-3-4-19(7-12(14,15)16)11(20)8-5-9(13)18-10(6-8)17-2/h5-6H,3-4,7H2,1-2H3,(H,17,18). The van der Waals surface area contributed by atoms with Gasteiger partial charge in [0.2, 0.25) is 0 Å². The van der Waals surface area contributed by atoms with Gasteiger partial charge in [-0.1, -0.05) is 18.5 Å². The molecule has 4 nitrogen and oxygen atoms in total. The van der Waals surface area contributed by atoms with Crippen LogP contribution >= 0.6 is 11.6 Å². The number of pyridine rings is 1. The zero-order valence-electron chi connectivity index (χ0n) is 11.1. The molecule has 1 amide bonds. The van der Waals surface area contributed by atoms with Gasteiger partial charge in [0, 0.05) is 19.2 Å². The first-order chi connectivity index (χ1) is 9.26. The SMILES string of the molecule is CCCN(CC(F)(F)F)C(=O)c1cc(Cl)nc(NC)c1. The van der Waals surface area contributed by atoms with Crippen molar-refractivity contribution in [3.8, 4) is 0 Å². The van der Waals surface area contributed by atoms with Crippen molar-refractivity contribution in [3.63, 3.8) is 0 Å². The molecule has 0 aliphatic carbocycles. The summed E-state index contributed by atoms with van der Waals surface area (Å²) in [5.74, 6) is -0.394. The van der Waals surface area contributed by atoms with Crippen LogP contribution in [0.15, 0.2) is 12.1 Å². The first-order valence-electron chi connectivity index (χ1n) is 5.98. The Labute approximate surface area is 119 Å². The van der Waals surface area contributed by atoms with Crippen LogP contribution in [0.2, 0.25) is 5.15 Å². The second-order valence-corrected chi connectivity index (χ2v) is 4.54. The van der Waals surface area contributed by atoms with E-state index in [-0.39, 0.29) is 17.3 Å². The van der Waals surface area contributed by atoms with E-state index in [1.54, 1.807) is 14.0 Å². The van der Waals surface area contributed by atoms with Gasteiger partial charge in [0.25, 0.3) is 5.91 Å². The number of halogens is 4. The lowest BCUT2D eigenvalue weighted by Gasteiger charge is -2.23. The second-order valence-electron chi connectivity index (χ2n) is 4.16. The third-order valence-electron chi connectivity index (χ3n) is 2.45. The first-order valence-corrected chi connectivity index (χ1v) is 6.36. The van der Waals surface area contributed by atoms with Gasteiger partial charge in [0.1, 0.15) is 17.5 Å². The molecule has 0 saturated heterocycles. The van der Waals surface area contributed by atoms with Gasteiger partial charge in [-0.25, -0.2) is 4.98 Å². The number of aromatic nitrogens is 1. The first kappa shape index (κ1) is 16.6. The lowest BCUT2D eigenvalue weighted by Crippen LogP contribution is -2.39. The molecule has 1 rings (SSSR count). The zero-order chi connectivity index (χ0) is 15.3. The number of rotatable bonds is 5. The Kier molecular flexibility index (Phi) is 5.62. The number of anilines is 1. The van der Waals surface area contributed by atoms with Gasteiger partial charge in [-0.15, -0.1) is 0 Å². The average Bonchev–Trinajstić information content (AvgIpc) is 2.35. The van der Waals surface area contributed by atoms with Gasteiger partial charge >= 0.3 is 6.18 Å². The van der Waals surface area contributed by atoms with Crippen molar-refractivity contribution in [1.82, 2.24) is 9.88 Å². The van der Waals surface area contributed by atoms with Crippen molar-refractivity contribution >= 4 is 23.3 Å². The molecule has 0 unspecified atom stereocenters. The van der Waals surface area contributed by atoms with Crippen LogP contribution in [0.25, 0.3) is 0 Å². The maximum absolute atomic E-state index is 12.5. The predicted octanol–water partition coefficient (Wildman–Crippen LogP) is 3.19. The minimum absolute atomic E-state index is 0.0210. The van der Waals surface area contributed by atoms with E-state index in [9.17, 15) is 18.0 Å². The van der Waals surface area contributed by atoms with E-state index in [4.69, 9.17) is 11.6 Å². The minimum atomic E-state index is -4.44. The summed E-state index contributed by atoms with van der Waals surface area (Å²) in [6.45, 7) is 0.441. The summed E-state index contributed by atoms with van der Waals surface area (Å²) >= 11 is 5.74. The molecule has 112 valence electrons. The van der Waals surface area contributed by atoms with Crippen molar-refractivity contribution in [3.05, 3.63) is 22.8 Å². The van der Waals surface area contributed by atoms with Crippen LogP contribution in [0, 0.1) is 0 Å². The topological polar surface area (TPSA) is 45.2 Å². The van der Waals surface area contributed by atoms with Crippen molar-refractivity contribution in [2.24, 2.45) is 0 Å². The molecule has 8 heteroatoms. The van der Waals surface area contributed by atoms with Crippen molar-refractivity contribution in [2.45, 2.75) is 19.5 Å². The smallest absolute Gasteiger partial charge is 0.373 e. The quantitative estimate of drug-likeness (QED) is 0.850. The molecular formula is C12H15ClF3N3O. The fraction of sp³-hybridized carbons (Fsp3) is 0.500. The maximum atomic E-state index is 12.5. The number of carbonyl (C=O) groups excluding carboxylic acids is 1. The molecule has 0 fully saturated rings. The number of nitrogens with zero attached hydrogens (tertiary/aromatic N) is 2. The minimum Gasteiger partial charge on any atom is -0.373 e. The van der Waals surface area contributed by atoms with Gasteiger partial charge in [0.05, 0.1) is 0 Å². The highest BCUT2D eigenvalue weighted by atomic mass is 35.5. The molecule has 0 bridgehead atoms. The van der Waals surface area contributed by atoms with E-state index in [0.29, 0.717) is 12.2 Å². The maximum Gasteiger partial charge on any atom is 0.406 e. The molecule has 1 N–H and O–H groups in total. The van der Waals surface area contributed by atoms with Crippen molar-refractivity contribution < 1.29 is 18.0 Å².